The fourth-order valence-electron chi connectivity index (χ4n) is 2.55. The van der Waals surface area contributed by atoms with E-state index in [1.165, 1.54) is 18.2 Å². The molecule has 0 unspecified atom stereocenters. The smallest absolute Gasteiger partial charge is 0.416 e. The fourth-order valence-corrected chi connectivity index (χ4v) is 3.10. The number of benzene rings is 2. The molecule has 1 heterocycles. The highest BCUT2D eigenvalue weighted by Crippen LogP contribution is 2.37. The van der Waals surface area contributed by atoms with Crippen LogP contribution >= 0.6 is 23.2 Å². The standard InChI is InChI=1S/C18H9Cl2F3N4O5/c19-12-7-13(20)15(26(28)29)6-11(12)17-4-2-10(32-17)8-24-25-14-3-1-9(18(21,22)23)5-16(14)27(30)31/h1-8,25H/b24-8-. The van der Waals surface area contributed by atoms with Gasteiger partial charge in [0.2, 0.25) is 0 Å². The number of halogens is 5. The quantitative estimate of drug-likeness (QED) is 0.238. The molecule has 0 aliphatic rings. The van der Waals surface area contributed by atoms with Crippen molar-refractivity contribution in [3.63, 3.8) is 0 Å². The minimum absolute atomic E-state index is 0.0944. The fraction of sp³-hybridized carbons (Fsp3) is 0.0556. The number of anilines is 1. The third kappa shape index (κ3) is 4.98. The number of hydrogen-bond acceptors (Lipinski definition) is 7. The van der Waals surface area contributed by atoms with E-state index in [2.05, 4.69) is 10.5 Å². The molecule has 2 aromatic carbocycles. The van der Waals surface area contributed by atoms with Crippen LogP contribution in [0.3, 0.4) is 0 Å². The van der Waals surface area contributed by atoms with Gasteiger partial charge in [-0.05, 0) is 30.3 Å². The number of nitro benzene ring substituents is 2. The second kappa shape index (κ2) is 8.85. The van der Waals surface area contributed by atoms with Gasteiger partial charge in [-0.3, -0.25) is 25.7 Å². The summed E-state index contributed by atoms with van der Waals surface area (Å²) in [4.78, 5) is 20.5. The van der Waals surface area contributed by atoms with Crippen molar-refractivity contribution in [2.24, 2.45) is 5.10 Å². The molecule has 0 saturated heterocycles. The highest BCUT2D eigenvalue weighted by Gasteiger charge is 2.33. The Balaban J connectivity index is 1.83. The molecule has 3 aromatic rings. The lowest BCUT2D eigenvalue weighted by molar-refractivity contribution is -0.384. The molecular formula is C18H9Cl2F3N4O5. The van der Waals surface area contributed by atoms with Crippen LogP contribution in [-0.4, -0.2) is 16.1 Å². The Morgan fingerprint density at radius 3 is 2.28 bits per heavy atom. The van der Waals surface area contributed by atoms with Gasteiger partial charge in [0.15, 0.2) is 0 Å². The molecule has 1 N–H and O–H groups in total. The van der Waals surface area contributed by atoms with E-state index in [1.54, 1.807) is 0 Å². The van der Waals surface area contributed by atoms with Crippen molar-refractivity contribution in [1.29, 1.82) is 0 Å². The number of nitrogens with one attached hydrogen (secondary N) is 1. The number of hydrogen-bond donors (Lipinski definition) is 1. The van der Waals surface area contributed by atoms with E-state index < -0.39 is 27.3 Å². The molecule has 0 saturated carbocycles. The molecule has 3 rings (SSSR count). The molecule has 0 spiro atoms. The maximum absolute atomic E-state index is 12.8. The molecule has 14 heteroatoms. The zero-order chi connectivity index (χ0) is 23.6. The van der Waals surface area contributed by atoms with E-state index in [0.717, 1.165) is 18.3 Å². The molecule has 0 radical (unpaired) electrons. The van der Waals surface area contributed by atoms with Crippen LogP contribution in [0.1, 0.15) is 11.3 Å². The minimum atomic E-state index is -4.74. The largest absolute Gasteiger partial charge is 0.455 e. The number of nitro groups is 2. The van der Waals surface area contributed by atoms with Crippen molar-refractivity contribution in [2.75, 3.05) is 5.43 Å². The summed E-state index contributed by atoms with van der Waals surface area (Å²) < 4.78 is 43.8. The van der Waals surface area contributed by atoms with E-state index >= 15 is 0 Å². The van der Waals surface area contributed by atoms with E-state index in [0.29, 0.717) is 12.1 Å². The second-order valence-electron chi connectivity index (χ2n) is 6.10. The predicted molar refractivity (Wildman–Crippen MR) is 110 cm³/mol. The van der Waals surface area contributed by atoms with Crippen molar-refractivity contribution in [1.82, 2.24) is 0 Å². The molecule has 0 atom stereocenters. The molecule has 32 heavy (non-hydrogen) atoms. The van der Waals surface area contributed by atoms with Crippen LogP contribution in [0.25, 0.3) is 11.3 Å². The lowest BCUT2D eigenvalue weighted by Crippen LogP contribution is -2.06. The zero-order valence-electron chi connectivity index (χ0n) is 15.4. The van der Waals surface area contributed by atoms with Crippen LogP contribution in [-0.2, 0) is 6.18 Å². The van der Waals surface area contributed by atoms with Crippen molar-refractivity contribution in [3.8, 4) is 11.3 Å². The monoisotopic (exact) mass is 488 g/mol. The van der Waals surface area contributed by atoms with Crippen LogP contribution in [0.15, 0.2) is 52.0 Å². The summed E-state index contributed by atoms with van der Waals surface area (Å²) in [5.74, 6) is 0.271. The van der Waals surface area contributed by atoms with Gasteiger partial charge in [-0.15, -0.1) is 0 Å². The number of hydrazone groups is 1. The first kappa shape index (κ1) is 23.0. The highest BCUT2D eigenvalue weighted by molar-refractivity contribution is 6.37. The molecule has 0 fully saturated rings. The van der Waals surface area contributed by atoms with Gasteiger partial charge in [0.25, 0.3) is 11.4 Å². The summed E-state index contributed by atoms with van der Waals surface area (Å²) in [5.41, 5.74) is -0.186. The molecule has 166 valence electrons. The third-order valence-electron chi connectivity index (χ3n) is 4.02. The van der Waals surface area contributed by atoms with Crippen LogP contribution < -0.4 is 5.43 Å². The summed E-state index contributed by atoms with van der Waals surface area (Å²) in [6.45, 7) is 0. The Labute approximate surface area is 186 Å². The number of alkyl halides is 3. The SMILES string of the molecule is O=[N+]([O-])c1cc(-c2ccc(/C=N\Nc3ccc(C(F)(F)F)cc3[N+](=O)[O-])o2)c(Cl)cc1Cl. The maximum Gasteiger partial charge on any atom is 0.416 e. The Bertz CT molecular complexity index is 1240. The number of furan rings is 1. The molecule has 0 amide bonds. The Morgan fingerprint density at radius 2 is 1.66 bits per heavy atom. The lowest BCUT2D eigenvalue weighted by Gasteiger charge is -2.08. The lowest BCUT2D eigenvalue weighted by atomic mass is 10.1. The topological polar surface area (TPSA) is 124 Å². The average molecular weight is 489 g/mol. The van der Waals surface area contributed by atoms with Gasteiger partial charge >= 0.3 is 6.18 Å². The Kier molecular flexibility index (Phi) is 6.37. The zero-order valence-corrected chi connectivity index (χ0v) is 16.9. The van der Waals surface area contributed by atoms with Gasteiger partial charge in [0.1, 0.15) is 22.2 Å². The highest BCUT2D eigenvalue weighted by atomic mass is 35.5. The van der Waals surface area contributed by atoms with E-state index in [1.807, 2.05) is 0 Å². The van der Waals surface area contributed by atoms with Crippen LogP contribution in [0.2, 0.25) is 10.0 Å². The Morgan fingerprint density at radius 1 is 0.969 bits per heavy atom. The summed E-state index contributed by atoms with van der Waals surface area (Å²) >= 11 is 11.9. The second-order valence-corrected chi connectivity index (χ2v) is 6.91. The van der Waals surface area contributed by atoms with Crippen LogP contribution in [0.4, 0.5) is 30.2 Å². The van der Waals surface area contributed by atoms with Crippen molar-refractivity contribution in [2.45, 2.75) is 6.18 Å². The van der Waals surface area contributed by atoms with Crippen molar-refractivity contribution < 1.29 is 27.4 Å². The summed E-state index contributed by atoms with van der Waals surface area (Å²) in [5, 5.41) is 25.8. The molecule has 0 bridgehead atoms. The molecule has 1 aromatic heterocycles. The van der Waals surface area contributed by atoms with Crippen LogP contribution in [0.5, 0.6) is 0 Å². The maximum atomic E-state index is 12.8. The van der Waals surface area contributed by atoms with Gasteiger partial charge in [-0.1, -0.05) is 23.2 Å². The van der Waals surface area contributed by atoms with Crippen molar-refractivity contribution in [3.05, 3.63) is 84.1 Å². The molecule has 9 nitrogen and oxygen atoms in total. The Hall–Kier alpha value is -3.64. The van der Waals surface area contributed by atoms with E-state index in [-0.39, 0.29) is 38.5 Å². The number of nitrogens with zero attached hydrogens (tertiary/aromatic N) is 3. The van der Waals surface area contributed by atoms with E-state index in [9.17, 15) is 33.4 Å². The summed E-state index contributed by atoms with van der Waals surface area (Å²) in [7, 11) is 0. The van der Waals surface area contributed by atoms with E-state index in [4.69, 9.17) is 27.6 Å². The molecular weight excluding hydrogens is 480 g/mol. The van der Waals surface area contributed by atoms with Gasteiger partial charge in [0, 0.05) is 17.7 Å². The molecule has 0 aliphatic heterocycles. The summed E-state index contributed by atoms with van der Waals surface area (Å²) in [6.07, 6.45) is -3.64. The average Bonchev–Trinajstić information content (AvgIpc) is 3.15. The van der Waals surface area contributed by atoms with Gasteiger partial charge in [-0.2, -0.15) is 18.3 Å². The van der Waals surface area contributed by atoms with Crippen LogP contribution in [0, 0.1) is 20.2 Å². The van der Waals surface area contributed by atoms with Gasteiger partial charge in [-0.25, -0.2) is 0 Å². The first-order valence-electron chi connectivity index (χ1n) is 8.35. The van der Waals surface area contributed by atoms with Gasteiger partial charge < -0.3 is 4.42 Å². The number of rotatable bonds is 6. The summed E-state index contributed by atoms with van der Waals surface area (Å²) in [6, 6.07) is 7.13. The molecule has 0 aliphatic carbocycles. The first-order chi connectivity index (χ1) is 15.0. The normalized spacial score (nSPS) is 11.7. The predicted octanol–water partition coefficient (Wildman–Crippen LogP) is 6.53. The van der Waals surface area contributed by atoms with Crippen molar-refractivity contribution >= 4 is 46.5 Å². The van der Waals surface area contributed by atoms with Gasteiger partial charge in [0.05, 0.1) is 26.6 Å². The first-order valence-corrected chi connectivity index (χ1v) is 9.11. The third-order valence-corrected chi connectivity index (χ3v) is 4.64. The minimum Gasteiger partial charge on any atom is -0.455 e.